The van der Waals surface area contributed by atoms with Crippen molar-refractivity contribution in [3.05, 3.63) is 0 Å². The maximum atomic E-state index is 7.83. The molecule has 15 heteroatoms. The highest BCUT2D eigenvalue weighted by molar-refractivity contribution is 8.09. The second-order valence-corrected chi connectivity index (χ2v) is 59.0. The lowest BCUT2D eigenvalue weighted by molar-refractivity contribution is 0.402. The molecule has 0 amide bonds. The molecule has 2 unspecified atom stereocenters. The Morgan fingerprint density at radius 2 is 0.692 bits per heavy atom. The molecule has 0 aromatic carbocycles. The van der Waals surface area contributed by atoms with E-state index in [0.29, 0.717) is 12.1 Å². The molecule has 0 heterocycles. The first-order chi connectivity index (χ1) is 16.7. The third-order valence-corrected chi connectivity index (χ3v) is 42.3. The first kappa shape index (κ1) is 42.3. The lowest BCUT2D eigenvalue weighted by atomic mass is 9.98. The monoisotopic (exact) mass is 784 g/mol. The van der Waals surface area contributed by atoms with E-state index in [1.807, 2.05) is 0 Å². The minimum Gasteiger partial charge on any atom is -0.325 e. The number of rotatable bonds is 16. The van der Waals surface area contributed by atoms with E-state index >= 15 is 0 Å². The van der Waals surface area contributed by atoms with Crippen LogP contribution in [0.5, 0.6) is 0 Å². The van der Waals surface area contributed by atoms with Crippen molar-refractivity contribution >= 4 is 123 Å². The largest absolute Gasteiger partial charge is 0.343 e. The zero-order valence-corrected chi connectivity index (χ0v) is 38.4. The molecule has 0 fully saturated rings. The summed E-state index contributed by atoms with van der Waals surface area (Å²) in [5.74, 6) is 0. The summed E-state index contributed by atoms with van der Waals surface area (Å²) >= 11 is 42.9. The Morgan fingerprint density at radius 3 is 0.821 bits per heavy atom. The number of halogens is 6. The molecule has 0 saturated heterocycles. The van der Waals surface area contributed by atoms with Crippen molar-refractivity contribution < 1.29 is 0 Å². The predicted octanol–water partition coefficient (Wildman–Crippen LogP) is 11.0. The van der Waals surface area contributed by atoms with E-state index in [2.05, 4.69) is 104 Å². The molecule has 2 nitrogen and oxygen atoms in total. The molecular formula is C24H58Cl6N2SSi6. The molecule has 4 N–H and O–H groups in total. The lowest BCUT2D eigenvalue weighted by Crippen LogP contribution is -2.86. The van der Waals surface area contributed by atoms with Gasteiger partial charge in [-0.15, -0.1) is 66.5 Å². The highest BCUT2D eigenvalue weighted by Gasteiger charge is 2.73. The minimum absolute atomic E-state index is 0.256. The third kappa shape index (κ3) is 9.20. The summed E-state index contributed by atoms with van der Waals surface area (Å²) in [4.78, 5) is 0. The third-order valence-electron chi connectivity index (χ3n) is 8.36. The van der Waals surface area contributed by atoms with Gasteiger partial charge in [0.15, 0.2) is 0 Å². The van der Waals surface area contributed by atoms with Crippen molar-refractivity contribution in [1.29, 1.82) is 0 Å². The molecule has 0 spiro atoms. The van der Waals surface area contributed by atoms with Crippen LogP contribution in [-0.4, -0.2) is 63.4 Å². The maximum absolute atomic E-state index is 7.83. The van der Waals surface area contributed by atoms with Crippen molar-refractivity contribution in [2.45, 2.75) is 149 Å². The summed E-state index contributed by atoms with van der Waals surface area (Å²) in [7, 11) is -8.50. The van der Waals surface area contributed by atoms with E-state index in [1.165, 1.54) is 0 Å². The summed E-state index contributed by atoms with van der Waals surface area (Å²) in [5.41, 5.74) is 14.4. The molecular weight excluding hydrogens is 730 g/mol. The van der Waals surface area contributed by atoms with Crippen molar-refractivity contribution in [3.63, 3.8) is 0 Å². The fourth-order valence-electron chi connectivity index (χ4n) is 8.67. The lowest BCUT2D eigenvalue weighted by Gasteiger charge is -2.70. The molecule has 39 heavy (non-hydrogen) atoms. The Hall–Kier alpha value is 3.31. The van der Waals surface area contributed by atoms with Gasteiger partial charge >= 0.3 is 12.0 Å². The highest BCUT2D eigenvalue weighted by Crippen LogP contribution is 2.65. The van der Waals surface area contributed by atoms with Crippen molar-refractivity contribution in [1.82, 2.24) is 0 Å². The van der Waals surface area contributed by atoms with Crippen LogP contribution in [0.1, 0.15) is 39.5 Å². The van der Waals surface area contributed by atoms with E-state index in [0.717, 1.165) is 25.7 Å². The number of thioether (sulfide) groups is 1. The van der Waals surface area contributed by atoms with Crippen molar-refractivity contribution in [3.8, 4) is 0 Å². The normalized spacial score (nSPS) is 18.6. The van der Waals surface area contributed by atoms with Gasteiger partial charge in [0.25, 0.3) is 0 Å². The van der Waals surface area contributed by atoms with Crippen LogP contribution in [0.4, 0.5) is 0 Å². The fourth-order valence-corrected chi connectivity index (χ4v) is 50.2. The predicted molar refractivity (Wildman–Crippen MR) is 206 cm³/mol. The van der Waals surface area contributed by atoms with Crippen LogP contribution in [0.2, 0.25) is 90.7 Å². The Balaban J connectivity index is 8.48. The number of hydrogen-bond donors (Lipinski definition) is 2. The van der Waals surface area contributed by atoms with Crippen LogP contribution in [-0.2, 0) is 0 Å². The van der Waals surface area contributed by atoms with E-state index in [4.69, 9.17) is 77.9 Å². The molecule has 0 rings (SSSR count). The summed E-state index contributed by atoms with van der Waals surface area (Å²) < 4.78 is -0.512. The Bertz CT molecular complexity index is 721. The van der Waals surface area contributed by atoms with E-state index in [-0.39, 0.29) is 7.99 Å². The Labute approximate surface area is 280 Å². The summed E-state index contributed by atoms with van der Waals surface area (Å²) in [6, 6.07) is -5.33. The molecule has 2 atom stereocenters. The van der Waals surface area contributed by atoms with Crippen LogP contribution in [0.3, 0.4) is 0 Å². The van der Waals surface area contributed by atoms with Gasteiger partial charge in [-0.3, -0.25) is 0 Å². The van der Waals surface area contributed by atoms with Gasteiger partial charge < -0.3 is 11.5 Å². The Kier molecular flexibility index (Phi) is 14.7. The fraction of sp³-hybridized carbons (Fsp3) is 1.00. The molecule has 0 bridgehead atoms. The van der Waals surface area contributed by atoms with Gasteiger partial charge in [-0.1, -0.05) is 105 Å². The first-order valence-corrected chi connectivity index (χ1v) is 39.5. The maximum Gasteiger partial charge on any atom is 0.343 e. The van der Waals surface area contributed by atoms with E-state index in [9.17, 15) is 0 Å². The van der Waals surface area contributed by atoms with Crippen LogP contribution in [0.25, 0.3) is 0 Å². The van der Waals surface area contributed by atoms with Crippen LogP contribution in [0, 0.1) is 0 Å². The Morgan fingerprint density at radius 1 is 0.487 bits per heavy atom. The molecule has 0 radical (unpaired) electrons. The van der Waals surface area contributed by atoms with Gasteiger partial charge in [-0.25, -0.2) is 0 Å². The zero-order valence-electron chi connectivity index (χ0n) is 27.1. The SMILES string of the molecule is CCCC(N)(C[Si](Cl)(Cl)Cl)C(SC(C(N)(CCC)C[Si](Cl)(Cl)Cl)([Si](C)(C)C)[Si](C)(C)C)([Si](C)(C)C)[Si](C)(C)C. The average molecular weight is 788 g/mol. The average Bonchev–Trinajstić information content (AvgIpc) is 2.53. The number of hydrogen-bond acceptors (Lipinski definition) is 3. The van der Waals surface area contributed by atoms with Crippen LogP contribution < -0.4 is 11.5 Å². The second kappa shape index (κ2) is 13.6. The molecule has 0 saturated carbocycles. The van der Waals surface area contributed by atoms with E-state index < -0.39 is 55.4 Å². The summed E-state index contributed by atoms with van der Waals surface area (Å²) in [6.07, 6.45) is 3.49. The van der Waals surface area contributed by atoms with E-state index in [1.54, 1.807) is 0 Å². The molecule has 0 aliphatic rings. The first-order valence-electron chi connectivity index (χ1n) is 14.2. The van der Waals surface area contributed by atoms with Gasteiger partial charge in [0.1, 0.15) is 0 Å². The van der Waals surface area contributed by atoms with Crippen LogP contribution >= 0.6 is 78.2 Å². The van der Waals surface area contributed by atoms with Crippen molar-refractivity contribution in [2.75, 3.05) is 0 Å². The smallest absolute Gasteiger partial charge is 0.325 e. The van der Waals surface area contributed by atoms with Gasteiger partial charge in [-0.05, 0) is 12.8 Å². The van der Waals surface area contributed by atoms with Crippen LogP contribution in [0.15, 0.2) is 0 Å². The highest BCUT2D eigenvalue weighted by atomic mass is 35.8. The van der Waals surface area contributed by atoms with Crippen molar-refractivity contribution in [2.24, 2.45) is 11.5 Å². The van der Waals surface area contributed by atoms with Gasteiger partial charge in [0, 0.05) is 31.2 Å². The second-order valence-electron chi connectivity index (χ2n) is 15.9. The minimum atomic E-state index is -3.11. The standard InChI is InChI=1S/C24H58Cl6N2SSi6/c1-15-17-21(31,19-38(25,26)27)23(34(3,4)5,35(6,7)8)33-24(36(9,10)11,37(12,13)14)22(32,18-16-2)20-39(28,29)30/h15-20,31-32H2,1-14H3. The summed E-state index contributed by atoms with van der Waals surface area (Å²) in [5, 5.41) is 0. The quantitative estimate of drug-likeness (QED) is 0.121. The summed E-state index contributed by atoms with van der Waals surface area (Å²) in [6.45, 7) is 34.2. The van der Waals surface area contributed by atoms with Gasteiger partial charge in [0.2, 0.25) is 0 Å². The number of nitrogens with two attached hydrogens (primary N) is 2. The zero-order chi connectivity index (χ0) is 31.9. The van der Waals surface area contributed by atoms with Gasteiger partial charge in [0.05, 0.1) is 32.3 Å². The molecule has 0 aliphatic carbocycles. The topological polar surface area (TPSA) is 52.0 Å². The van der Waals surface area contributed by atoms with Gasteiger partial charge in [-0.2, -0.15) is 11.8 Å². The molecule has 0 aliphatic heterocycles. The molecule has 236 valence electrons. The molecule has 0 aromatic rings. The molecule has 0 aromatic heterocycles.